The minimum atomic E-state index is -0.356. The molecule has 3 aliphatic rings. The minimum absolute atomic E-state index is 0.110. The van der Waals surface area contributed by atoms with Crippen molar-refractivity contribution in [1.29, 1.82) is 0 Å². The smallest absolute Gasteiger partial charge is 0.199 e. The van der Waals surface area contributed by atoms with E-state index in [1.807, 2.05) is 24.3 Å². The van der Waals surface area contributed by atoms with E-state index in [0.29, 0.717) is 5.92 Å². The number of ether oxygens (including phenoxy) is 2. The number of hydrogen-bond donors (Lipinski definition) is 1. The van der Waals surface area contributed by atoms with Crippen molar-refractivity contribution in [2.24, 2.45) is 23.7 Å². The third kappa shape index (κ3) is 6.71. The first-order valence-electron chi connectivity index (χ1n) is 13.3. The maximum absolute atomic E-state index is 10.8. The first kappa shape index (κ1) is 23.1. The van der Waals surface area contributed by atoms with Gasteiger partial charge in [-0.05, 0) is 86.3 Å². The summed E-state index contributed by atoms with van der Waals surface area (Å²) in [5.41, 5.74) is 1.02. The molecule has 1 aliphatic heterocycles. The van der Waals surface area contributed by atoms with Crippen molar-refractivity contribution in [3.8, 4) is 5.75 Å². The Morgan fingerprint density at radius 1 is 0.871 bits per heavy atom. The molecule has 4 rings (SSSR count). The normalized spacial score (nSPS) is 33.0. The fraction of sp³-hybridized carbons (Fsp3) is 0.786. The molecule has 0 aromatic heterocycles. The SMILES string of the molecule is CCCC1CCC(C2CCC(CC(O)c3ccc(OC4CCCCO4)cc3)CC2)CC1. The Labute approximate surface area is 189 Å². The van der Waals surface area contributed by atoms with Gasteiger partial charge in [0.1, 0.15) is 5.75 Å². The van der Waals surface area contributed by atoms with Gasteiger partial charge in [-0.25, -0.2) is 0 Å². The van der Waals surface area contributed by atoms with E-state index in [1.165, 1.54) is 70.6 Å². The summed E-state index contributed by atoms with van der Waals surface area (Å²) in [7, 11) is 0. The molecule has 2 unspecified atom stereocenters. The number of rotatable bonds is 8. The van der Waals surface area contributed by atoms with E-state index in [-0.39, 0.29) is 12.4 Å². The quantitative estimate of drug-likeness (QED) is 0.468. The van der Waals surface area contributed by atoms with Crippen molar-refractivity contribution < 1.29 is 14.6 Å². The molecule has 31 heavy (non-hydrogen) atoms. The van der Waals surface area contributed by atoms with Crippen LogP contribution >= 0.6 is 0 Å². The molecular formula is C28H44O3. The Morgan fingerprint density at radius 3 is 2.10 bits per heavy atom. The molecule has 0 amide bonds. The van der Waals surface area contributed by atoms with Crippen LogP contribution in [0.25, 0.3) is 0 Å². The summed E-state index contributed by atoms with van der Waals surface area (Å²) in [5.74, 6) is 4.47. The van der Waals surface area contributed by atoms with Gasteiger partial charge in [-0.2, -0.15) is 0 Å². The van der Waals surface area contributed by atoms with Crippen LogP contribution in [0.1, 0.15) is 108 Å². The third-order valence-electron chi connectivity index (χ3n) is 8.37. The van der Waals surface area contributed by atoms with Crippen molar-refractivity contribution in [2.75, 3.05) is 6.61 Å². The first-order chi connectivity index (χ1) is 15.2. The fourth-order valence-corrected chi connectivity index (χ4v) is 6.43. The standard InChI is InChI=1S/C28H44O3/c1-2-5-21-7-11-23(12-8-21)24-13-9-22(10-14-24)20-27(29)25-15-17-26(18-16-25)31-28-6-3-4-19-30-28/h15-18,21-24,27-29H,2-14,19-20H2,1H3. The molecule has 0 bridgehead atoms. The van der Waals surface area contributed by atoms with Crippen LogP contribution in [-0.4, -0.2) is 18.0 Å². The fourth-order valence-electron chi connectivity index (χ4n) is 6.43. The van der Waals surface area contributed by atoms with E-state index < -0.39 is 0 Å². The van der Waals surface area contributed by atoms with Crippen LogP contribution in [0, 0.1) is 23.7 Å². The molecule has 3 heteroatoms. The maximum atomic E-state index is 10.8. The van der Waals surface area contributed by atoms with Crippen LogP contribution in [0.4, 0.5) is 0 Å². The zero-order valence-corrected chi connectivity index (χ0v) is 19.6. The molecule has 0 spiro atoms. The van der Waals surface area contributed by atoms with Crippen LogP contribution < -0.4 is 4.74 Å². The second-order valence-corrected chi connectivity index (χ2v) is 10.6. The highest BCUT2D eigenvalue weighted by atomic mass is 16.7. The molecule has 1 aromatic carbocycles. The van der Waals surface area contributed by atoms with Gasteiger partial charge < -0.3 is 14.6 Å². The second-order valence-electron chi connectivity index (χ2n) is 10.6. The molecule has 2 saturated carbocycles. The lowest BCUT2D eigenvalue weighted by atomic mass is 9.68. The predicted octanol–water partition coefficient (Wildman–Crippen LogP) is 7.43. The summed E-state index contributed by atoms with van der Waals surface area (Å²) in [4.78, 5) is 0. The second kappa shape index (κ2) is 11.7. The van der Waals surface area contributed by atoms with Gasteiger partial charge in [-0.15, -0.1) is 0 Å². The van der Waals surface area contributed by atoms with Crippen molar-refractivity contribution in [2.45, 2.75) is 109 Å². The molecule has 1 heterocycles. The lowest BCUT2D eigenvalue weighted by molar-refractivity contribution is -0.105. The molecule has 3 nitrogen and oxygen atoms in total. The number of aliphatic hydroxyl groups is 1. The zero-order chi connectivity index (χ0) is 21.5. The van der Waals surface area contributed by atoms with Crippen molar-refractivity contribution in [1.82, 2.24) is 0 Å². The Hall–Kier alpha value is -1.06. The van der Waals surface area contributed by atoms with E-state index in [2.05, 4.69) is 6.92 Å². The molecule has 2 atom stereocenters. The monoisotopic (exact) mass is 428 g/mol. The summed E-state index contributed by atoms with van der Waals surface area (Å²) in [5, 5.41) is 10.8. The topological polar surface area (TPSA) is 38.7 Å². The van der Waals surface area contributed by atoms with Gasteiger partial charge >= 0.3 is 0 Å². The van der Waals surface area contributed by atoms with Gasteiger partial charge in [-0.1, -0.05) is 57.6 Å². The number of benzene rings is 1. The number of hydrogen-bond acceptors (Lipinski definition) is 3. The van der Waals surface area contributed by atoms with Crippen LogP contribution in [-0.2, 0) is 4.74 Å². The summed E-state index contributed by atoms with van der Waals surface area (Å²) in [6.45, 7) is 3.13. The highest BCUT2D eigenvalue weighted by molar-refractivity contribution is 5.28. The van der Waals surface area contributed by atoms with Crippen LogP contribution in [0.2, 0.25) is 0 Å². The van der Waals surface area contributed by atoms with Gasteiger partial charge in [0.2, 0.25) is 0 Å². The zero-order valence-electron chi connectivity index (χ0n) is 19.6. The lowest BCUT2D eigenvalue weighted by Gasteiger charge is -2.38. The molecular weight excluding hydrogens is 384 g/mol. The van der Waals surface area contributed by atoms with Crippen molar-refractivity contribution in [3.05, 3.63) is 29.8 Å². The number of aliphatic hydroxyl groups excluding tert-OH is 1. The summed E-state index contributed by atoms with van der Waals surface area (Å²) >= 11 is 0. The van der Waals surface area contributed by atoms with Crippen LogP contribution in [0.3, 0.4) is 0 Å². The maximum Gasteiger partial charge on any atom is 0.199 e. The molecule has 1 saturated heterocycles. The Kier molecular flexibility index (Phi) is 8.72. The van der Waals surface area contributed by atoms with Gasteiger partial charge in [0.25, 0.3) is 0 Å². The summed E-state index contributed by atoms with van der Waals surface area (Å²) in [6, 6.07) is 8.04. The molecule has 3 fully saturated rings. The molecule has 174 valence electrons. The lowest BCUT2D eigenvalue weighted by Crippen LogP contribution is -2.26. The highest BCUT2D eigenvalue weighted by Crippen LogP contribution is 2.43. The summed E-state index contributed by atoms with van der Waals surface area (Å²) < 4.78 is 11.6. The van der Waals surface area contributed by atoms with Crippen molar-refractivity contribution in [3.63, 3.8) is 0 Å². The van der Waals surface area contributed by atoms with Gasteiger partial charge in [-0.3, -0.25) is 0 Å². The first-order valence-corrected chi connectivity index (χ1v) is 13.3. The average Bonchev–Trinajstić information content (AvgIpc) is 2.81. The minimum Gasteiger partial charge on any atom is -0.465 e. The highest BCUT2D eigenvalue weighted by Gasteiger charge is 2.31. The predicted molar refractivity (Wildman–Crippen MR) is 126 cm³/mol. The molecule has 0 radical (unpaired) electrons. The van der Waals surface area contributed by atoms with Crippen molar-refractivity contribution >= 4 is 0 Å². The largest absolute Gasteiger partial charge is 0.465 e. The molecule has 1 aromatic rings. The van der Waals surface area contributed by atoms with Crippen LogP contribution in [0.5, 0.6) is 5.75 Å². The van der Waals surface area contributed by atoms with E-state index in [1.54, 1.807) is 0 Å². The van der Waals surface area contributed by atoms with Crippen LogP contribution in [0.15, 0.2) is 24.3 Å². The third-order valence-corrected chi connectivity index (χ3v) is 8.37. The van der Waals surface area contributed by atoms with E-state index in [0.717, 1.165) is 54.9 Å². The Balaban J connectivity index is 1.18. The van der Waals surface area contributed by atoms with Gasteiger partial charge in [0.15, 0.2) is 6.29 Å². The Bertz CT molecular complexity index is 620. The van der Waals surface area contributed by atoms with E-state index in [9.17, 15) is 5.11 Å². The Morgan fingerprint density at radius 2 is 1.52 bits per heavy atom. The van der Waals surface area contributed by atoms with Gasteiger partial charge in [0, 0.05) is 6.42 Å². The van der Waals surface area contributed by atoms with E-state index >= 15 is 0 Å². The van der Waals surface area contributed by atoms with E-state index in [4.69, 9.17) is 9.47 Å². The molecule has 2 aliphatic carbocycles. The van der Waals surface area contributed by atoms with Gasteiger partial charge in [0.05, 0.1) is 12.7 Å². The summed E-state index contributed by atoms with van der Waals surface area (Å²) in [6.07, 6.45) is 17.8. The molecule has 1 N–H and O–H groups in total. The average molecular weight is 429 g/mol.